The number of hydrogen-bond donors (Lipinski definition) is 3. The predicted molar refractivity (Wildman–Crippen MR) is 129 cm³/mol. The smallest absolute Gasteiger partial charge is 0.263 e. The summed E-state index contributed by atoms with van der Waals surface area (Å²) < 4.78 is 26.9. The average molecular weight is 484 g/mol. The van der Waals surface area contributed by atoms with Crippen LogP contribution in [-0.2, 0) is 11.2 Å². The monoisotopic (exact) mass is 483 g/mol. The van der Waals surface area contributed by atoms with Crippen LogP contribution >= 0.6 is 11.3 Å². The summed E-state index contributed by atoms with van der Waals surface area (Å²) in [6.07, 6.45) is 0.449. The van der Waals surface area contributed by atoms with Gasteiger partial charge in [0.25, 0.3) is 5.91 Å². The molecule has 4 aliphatic heterocycles. The Morgan fingerprint density at radius 1 is 1.32 bits per heavy atom. The first kappa shape index (κ1) is 21.6. The molecule has 1 amide bonds. The van der Waals surface area contributed by atoms with Crippen molar-refractivity contribution in [1.82, 2.24) is 15.6 Å². The lowest BCUT2D eigenvalue weighted by Gasteiger charge is -2.29. The maximum Gasteiger partial charge on any atom is 0.263 e. The van der Waals surface area contributed by atoms with Crippen molar-refractivity contribution in [3.8, 4) is 5.75 Å². The Labute approximate surface area is 200 Å². The van der Waals surface area contributed by atoms with Crippen LogP contribution in [0.4, 0.5) is 15.8 Å². The molecule has 0 saturated carbocycles. The predicted octanol–water partition coefficient (Wildman–Crippen LogP) is 2.24. The molecule has 3 atom stereocenters. The number of nitrogens with zero attached hydrogens (tertiary/aromatic N) is 2. The fraction of sp³-hybridized carbons (Fsp3) is 0.417. The Morgan fingerprint density at radius 2 is 2.21 bits per heavy atom. The highest BCUT2D eigenvalue weighted by molar-refractivity contribution is 7.21. The van der Waals surface area contributed by atoms with Gasteiger partial charge >= 0.3 is 0 Å². The van der Waals surface area contributed by atoms with Crippen molar-refractivity contribution in [2.24, 2.45) is 0 Å². The van der Waals surface area contributed by atoms with E-state index in [-0.39, 0.29) is 36.5 Å². The van der Waals surface area contributed by atoms with Gasteiger partial charge in [-0.3, -0.25) is 4.79 Å². The van der Waals surface area contributed by atoms with Crippen LogP contribution in [0.3, 0.4) is 0 Å². The molecule has 6 heterocycles. The molecule has 3 aromatic rings. The molecule has 4 aliphatic rings. The van der Waals surface area contributed by atoms with E-state index in [1.54, 1.807) is 6.07 Å². The van der Waals surface area contributed by atoms with Crippen molar-refractivity contribution in [3.05, 3.63) is 46.2 Å². The average Bonchev–Trinajstić information content (AvgIpc) is 2.97. The molecule has 7 rings (SSSR count). The van der Waals surface area contributed by atoms with E-state index in [2.05, 4.69) is 20.5 Å². The maximum absolute atomic E-state index is 15.2. The van der Waals surface area contributed by atoms with Gasteiger partial charge in [0.2, 0.25) is 0 Å². The summed E-state index contributed by atoms with van der Waals surface area (Å²) in [5.41, 5.74) is 8.78. The molecular formula is C24H26FN5O3S. The number of carbonyl (C=O) groups is 1. The van der Waals surface area contributed by atoms with E-state index in [0.717, 1.165) is 34.7 Å². The van der Waals surface area contributed by atoms with Crippen LogP contribution in [0.5, 0.6) is 5.75 Å². The zero-order chi connectivity index (χ0) is 23.4. The van der Waals surface area contributed by atoms with Gasteiger partial charge in [-0.05, 0) is 25.1 Å². The summed E-state index contributed by atoms with van der Waals surface area (Å²) in [6, 6.07) is 7.10. The van der Waals surface area contributed by atoms with Crippen LogP contribution in [-0.4, -0.2) is 61.9 Å². The zero-order valence-electron chi connectivity index (χ0n) is 18.8. The number of amides is 1. The lowest BCUT2D eigenvalue weighted by molar-refractivity contribution is 0.0259. The molecule has 34 heavy (non-hydrogen) atoms. The number of thiophene rings is 1. The number of anilines is 2. The van der Waals surface area contributed by atoms with Gasteiger partial charge in [0.15, 0.2) is 0 Å². The number of halogens is 1. The van der Waals surface area contributed by atoms with Gasteiger partial charge in [0.05, 0.1) is 24.4 Å². The van der Waals surface area contributed by atoms with Gasteiger partial charge in [0.1, 0.15) is 27.9 Å². The van der Waals surface area contributed by atoms with Gasteiger partial charge in [-0.2, -0.15) is 0 Å². The first-order valence-electron chi connectivity index (χ1n) is 11.5. The fourth-order valence-corrected chi connectivity index (χ4v) is 5.95. The number of rotatable bonds is 3. The van der Waals surface area contributed by atoms with Crippen LogP contribution in [0.25, 0.3) is 10.2 Å². The SMILES string of the molecule is Cc1ccc2c(N)c(C(=O)N[C@H]3COc4cc(N5CC6COC(CN6)C5)cc(F)c4C3)sc2n1. The number of nitrogen functional groups attached to an aromatic ring is 1. The van der Waals surface area contributed by atoms with Crippen molar-refractivity contribution in [2.75, 3.05) is 43.5 Å². The van der Waals surface area contributed by atoms with E-state index < -0.39 is 0 Å². The van der Waals surface area contributed by atoms with Crippen molar-refractivity contribution in [2.45, 2.75) is 31.5 Å². The summed E-state index contributed by atoms with van der Waals surface area (Å²) in [5, 5.41) is 7.20. The number of nitrogens with one attached hydrogen (secondary N) is 2. The lowest BCUT2D eigenvalue weighted by Crippen LogP contribution is -2.45. The summed E-state index contributed by atoms with van der Waals surface area (Å²) in [7, 11) is 0. The third-order valence-electron chi connectivity index (χ3n) is 6.70. The Bertz CT molecular complexity index is 1260. The molecule has 10 heteroatoms. The first-order chi connectivity index (χ1) is 16.4. The molecule has 2 unspecified atom stereocenters. The van der Waals surface area contributed by atoms with Gasteiger partial charge in [-0.25, -0.2) is 9.37 Å². The normalized spacial score (nSPS) is 23.9. The molecule has 4 N–H and O–H groups in total. The van der Waals surface area contributed by atoms with Crippen LogP contribution in [0.2, 0.25) is 0 Å². The van der Waals surface area contributed by atoms with E-state index in [0.29, 0.717) is 41.4 Å². The molecule has 3 fully saturated rings. The minimum atomic E-state index is -0.355. The largest absolute Gasteiger partial charge is 0.491 e. The highest BCUT2D eigenvalue weighted by atomic mass is 32.1. The Hall–Kier alpha value is -2.95. The molecular weight excluding hydrogens is 457 g/mol. The number of aryl methyl sites for hydroxylation is 1. The first-order valence-corrected chi connectivity index (χ1v) is 12.3. The Balaban J connectivity index is 1.19. The van der Waals surface area contributed by atoms with E-state index in [9.17, 15) is 4.79 Å². The molecule has 3 saturated heterocycles. The molecule has 2 aromatic heterocycles. The zero-order valence-corrected chi connectivity index (χ0v) is 19.6. The minimum Gasteiger partial charge on any atom is -0.491 e. The number of fused-ring (bicyclic) bond motifs is 6. The molecule has 0 spiro atoms. The maximum atomic E-state index is 15.2. The number of carbonyl (C=O) groups excluding carboxylic acids is 1. The third-order valence-corrected chi connectivity index (χ3v) is 7.82. The molecule has 1 aromatic carbocycles. The highest BCUT2D eigenvalue weighted by Crippen LogP contribution is 2.35. The number of aromatic nitrogens is 1. The van der Waals surface area contributed by atoms with Crippen molar-refractivity contribution in [1.29, 1.82) is 0 Å². The number of morpholine rings is 1. The standard InChI is InChI=1S/C24H26FN5O3S/c1-12-2-3-17-21(26)22(34-24(17)28-12)23(31)29-13-4-18-19(25)5-15(6-20(18)33-10-13)30-8-14-11-32-16(9-30)7-27-14/h2-3,5-6,13-14,16,27H,4,7-11,26H2,1H3,(H,29,31)/t13-,14?,16?/m1/s1. The summed E-state index contributed by atoms with van der Waals surface area (Å²) >= 11 is 1.26. The third kappa shape index (κ3) is 3.85. The summed E-state index contributed by atoms with van der Waals surface area (Å²) in [4.78, 5) is 20.7. The number of pyridine rings is 1. The molecule has 178 valence electrons. The van der Waals surface area contributed by atoms with Gasteiger partial charge in [-0.1, -0.05) is 0 Å². The number of ether oxygens (including phenoxy) is 2. The van der Waals surface area contributed by atoms with Crippen LogP contribution in [0, 0.1) is 12.7 Å². The Kier molecular flexibility index (Phi) is 5.31. The summed E-state index contributed by atoms with van der Waals surface area (Å²) in [6.45, 7) is 5.12. The van der Waals surface area contributed by atoms with E-state index >= 15 is 4.39 Å². The van der Waals surface area contributed by atoms with Gasteiger partial charge in [0, 0.05) is 60.5 Å². The highest BCUT2D eigenvalue weighted by Gasteiger charge is 2.32. The topological polar surface area (TPSA) is 102 Å². The van der Waals surface area contributed by atoms with Gasteiger partial charge < -0.3 is 30.7 Å². The van der Waals surface area contributed by atoms with E-state index in [1.165, 1.54) is 11.3 Å². The van der Waals surface area contributed by atoms with E-state index in [4.69, 9.17) is 15.2 Å². The number of hydrogen-bond acceptors (Lipinski definition) is 8. The number of benzene rings is 1. The minimum absolute atomic E-state index is 0.0961. The second kappa shape index (κ2) is 8.37. The second-order valence-corrected chi connectivity index (χ2v) is 10.2. The second-order valence-electron chi connectivity index (χ2n) is 9.21. The quantitative estimate of drug-likeness (QED) is 0.525. The van der Waals surface area contributed by atoms with Crippen molar-refractivity contribution < 1.29 is 18.7 Å². The molecule has 0 radical (unpaired) electrons. The lowest BCUT2D eigenvalue weighted by atomic mass is 10.0. The van der Waals surface area contributed by atoms with Crippen molar-refractivity contribution in [3.63, 3.8) is 0 Å². The van der Waals surface area contributed by atoms with Crippen LogP contribution in [0.1, 0.15) is 20.9 Å². The van der Waals surface area contributed by atoms with Crippen LogP contribution in [0.15, 0.2) is 24.3 Å². The Morgan fingerprint density at radius 3 is 3.03 bits per heavy atom. The summed E-state index contributed by atoms with van der Waals surface area (Å²) in [5.74, 6) is -0.0789. The van der Waals surface area contributed by atoms with Crippen molar-refractivity contribution >= 4 is 38.8 Å². The van der Waals surface area contributed by atoms with Crippen LogP contribution < -0.4 is 26.0 Å². The molecule has 0 aliphatic carbocycles. The fourth-order valence-electron chi connectivity index (χ4n) is 4.90. The molecule has 8 nitrogen and oxygen atoms in total. The molecule has 2 bridgehead atoms. The van der Waals surface area contributed by atoms with Gasteiger partial charge in [-0.15, -0.1) is 11.3 Å². The number of nitrogens with two attached hydrogens (primary N) is 1. The van der Waals surface area contributed by atoms with E-state index in [1.807, 2.05) is 25.1 Å².